The highest BCUT2D eigenvalue weighted by Crippen LogP contribution is 2.30. The molecule has 0 saturated heterocycles. The first-order valence-electron chi connectivity index (χ1n) is 4.68. The van der Waals surface area contributed by atoms with E-state index < -0.39 is 0 Å². The van der Waals surface area contributed by atoms with Crippen LogP contribution in [-0.2, 0) is 0 Å². The van der Waals surface area contributed by atoms with Crippen molar-refractivity contribution >= 4 is 11.6 Å². The third-order valence-corrected chi connectivity index (χ3v) is 2.50. The largest absolute Gasteiger partial charge is 0.506 e. The van der Waals surface area contributed by atoms with Crippen molar-refractivity contribution in [3.63, 3.8) is 0 Å². The van der Waals surface area contributed by atoms with E-state index in [9.17, 15) is 5.11 Å². The maximum Gasteiger partial charge on any atom is 0.137 e. The predicted octanol–water partition coefficient (Wildman–Crippen LogP) is 3.12. The van der Waals surface area contributed by atoms with E-state index in [0.717, 1.165) is 11.1 Å². The number of halogens is 1. The van der Waals surface area contributed by atoms with Gasteiger partial charge in [-0.2, -0.15) is 0 Å². The van der Waals surface area contributed by atoms with E-state index in [1.807, 2.05) is 6.07 Å². The minimum Gasteiger partial charge on any atom is -0.506 e. The van der Waals surface area contributed by atoms with Crippen LogP contribution in [0.25, 0.3) is 11.1 Å². The summed E-state index contributed by atoms with van der Waals surface area (Å²) in [5, 5.41) is 9.86. The van der Waals surface area contributed by atoms with Crippen LogP contribution in [0.1, 0.15) is 0 Å². The summed E-state index contributed by atoms with van der Waals surface area (Å²) in [7, 11) is 1.57. The van der Waals surface area contributed by atoms with Gasteiger partial charge >= 0.3 is 0 Å². The van der Waals surface area contributed by atoms with Crippen LogP contribution >= 0.6 is 11.6 Å². The quantitative estimate of drug-likeness (QED) is 0.870. The van der Waals surface area contributed by atoms with E-state index in [1.165, 1.54) is 6.20 Å². The first-order chi connectivity index (χ1) is 7.70. The van der Waals surface area contributed by atoms with Gasteiger partial charge in [-0.3, -0.25) is 4.98 Å². The van der Waals surface area contributed by atoms with E-state index in [-0.39, 0.29) is 5.75 Å². The Morgan fingerprint density at radius 1 is 1.19 bits per heavy atom. The molecule has 0 amide bonds. The van der Waals surface area contributed by atoms with Gasteiger partial charge in [-0.15, -0.1) is 0 Å². The van der Waals surface area contributed by atoms with Crippen molar-refractivity contribution in [2.45, 2.75) is 0 Å². The Balaban J connectivity index is 2.45. The summed E-state index contributed by atoms with van der Waals surface area (Å²) in [5.41, 5.74) is 1.69. The van der Waals surface area contributed by atoms with Crippen LogP contribution in [-0.4, -0.2) is 17.2 Å². The molecule has 1 aromatic heterocycles. The number of rotatable bonds is 2. The number of pyridine rings is 1. The fourth-order valence-corrected chi connectivity index (χ4v) is 1.69. The number of methoxy groups -OCH3 is 1. The van der Waals surface area contributed by atoms with E-state index in [2.05, 4.69) is 4.98 Å². The molecule has 0 aliphatic rings. The van der Waals surface area contributed by atoms with E-state index in [1.54, 1.807) is 31.5 Å². The van der Waals surface area contributed by atoms with Crippen LogP contribution in [0.4, 0.5) is 0 Å². The molecule has 0 aliphatic heterocycles. The lowest BCUT2D eigenvalue weighted by molar-refractivity contribution is 0.415. The molecule has 1 N–H and O–H groups in total. The molecule has 16 heavy (non-hydrogen) atoms. The van der Waals surface area contributed by atoms with E-state index in [0.29, 0.717) is 10.8 Å². The molecule has 82 valence electrons. The second-order valence-electron chi connectivity index (χ2n) is 3.28. The molecular formula is C12H10ClNO2. The molecule has 0 aliphatic carbocycles. The van der Waals surface area contributed by atoms with Gasteiger partial charge in [0.05, 0.1) is 18.3 Å². The van der Waals surface area contributed by atoms with Crippen molar-refractivity contribution in [1.82, 2.24) is 4.98 Å². The second kappa shape index (κ2) is 4.41. The van der Waals surface area contributed by atoms with Gasteiger partial charge in [0, 0.05) is 11.8 Å². The average molecular weight is 236 g/mol. The van der Waals surface area contributed by atoms with Crippen molar-refractivity contribution < 1.29 is 9.84 Å². The van der Waals surface area contributed by atoms with Crippen LogP contribution in [0.3, 0.4) is 0 Å². The van der Waals surface area contributed by atoms with Crippen LogP contribution in [0.2, 0.25) is 5.02 Å². The van der Waals surface area contributed by atoms with Gasteiger partial charge in [-0.25, -0.2) is 0 Å². The van der Waals surface area contributed by atoms with Crippen molar-refractivity contribution in [2.75, 3.05) is 7.11 Å². The highest BCUT2D eigenvalue weighted by molar-refractivity contribution is 6.32. The third-order valence-electron chi connectivity index (χ3n) is 2.21. The van der Waals surface area contributed by atoms with Crippen molar-refractivity contribution in [3.05, 3.63) is 41.7 Å². The zero-order valence-electron chi connectivity index (χ0n) is 8.64. The summed E-state index contributed by atoms with van der Waals surface area (Å²) in [6.45, 7) is 0. The summed E-state index contributed by atoms with van der Waals surface area (Å²) in [6.07, 6.45) is 3.05. The number of ether oxygens (including phenoxy) is 1. The summed E-state index contributed by atoms with van der Waals surface area (Å²) < 4.78 is 5.06. The van der Waals surface area contributed by atoms with Crippen LogP contribution in [0.5, 0.6) is 11.5 Å². The van der Waals surface area contributed by atoms with Crippen LogP contribution in [0, 0.1) is 0 Å². The maximum absolute atomic E-state index is 9.32. The van der Waals surface area contributed by atoms with Gasteiger partial charge in [-0.05, 0) is 23.8 Å². The normalized spacial score (nSPS) is 10.1. The minimum atomic E-state index is 0.129. The first-order valence-corrected chi connectivity index (χ1v) is 5.06. The molecule has 3 nitrogen and oxygen atoms in total. The Bertz CT molecular complexity index is 514. The van der Waals surface area contributed by atoms with Crippen molar-refractivity contribution in [2.24, 2.45) is 0 Å². The SMILES string of the molecule is COc1ccc(-c2cncc(O)c2)cc1Cl. The van der Waals surface area contributed by atoms with Gasteiger partial charge in [0.1, 0.15) is 11.5 Å². The standard InChI is InChI=1S/C12H10ClNO2/c1-16-12-3-2-8(5-11(12)13)9-4-10(15)7-14-6-9/h2-7,15H,1H3. The lowest BCUT2D eigenvalue weighted by Crippen LogP contribution is -1.85. The molecule has 1 heterocycles. The highest BCUT2D eigenvalue weighted by Gasteiger charge is 2.04. The number of aromatic hydroxyl groups is 1. The van der Waals surface area contributed by atoms with Gasteiger partial charge in [0.25, 0.3) is 0 Å². The maximum atomic E-state index is 9.32. The zero-order chi connectivity index (χ0) is 11.5. The Kier molecular flexibility index (Phi) is 2.97. The number of hydrogen-bond acceptors (Lipinski definition) is 3. The smallest absolute Gasteiger partial charge is 0.137 e. The summed E-state index contributed by atoms with van der Waals surface area (Å²) in [5.74, 6) is 0.753. The summed E-state index contributed by atoms with van der Waals surface area (Å²) in [6, 6.07) is 7.05. The Morgan fingerprint density at radius 2 is 2.00 bits per heavy atom. The number of benzene rings is 1. The zero-order valence-corrected chi connectivity index (χ0v) is 9.40. The van der Waals surface area contributed by atoms with Gasteiger partial charge in [-0.1, -0.05) is 17.7 Å². The summed E-state index contributed by atoms with van der Waals surface area (Å²) in [4.78, 5) is 3.91. The molecule has 0 spiro atoms. The van der Waals surface area contributed by atoms with E-state index in [4.69, 9.17) is 16.3 Å². The van der Waals surface area contributed by atoms with Gasteiger partial charge in [0.15, 0.2) is 0 Å². The molecule has 1 aromatic carbocycles. The fourth-order valence-electron chi connectivity index (χ4n) is 1.43. The molecule has 0 atom stereocenters. The Morgan fingerprint density at radius 3 is 2.62 bits per heavy atom. The molecule has 0 fully saturated rings. The molecule has 0 saturated carbocycles. The van der Waals surface area contributed by atoms with E-state index >= 15 is 0 Å². The highest BCUT2D eigenvalue weighted by atomic mass is 35.5. The predicted molar refractivity (Wildman–Crippen MR) is 62.9 cm³/mol. The lowest BCUT2D eigenvalue weighted by atomic mass is 10.1. The Hall–Kier alpha value is -1.74. The fraction of sp³-hybridized carbons (Fsp3) is 0.0833. The molecule has 0 unspecified atom stereocenters. The molecular weight excluding hydrogens is 226 g/mol. The third kappa shape index (κ3) is 2.09. The van der Waals surface area contributed by atoms with Crippen LogP contribution in [0.15, 0.2) is 36.7 Å². The first kappa shape index (κ1) is 10.8. The molecule has 0 radical (unpaired) electrons. The topological polar surface area (TPSA) is 42.4 Å². The molecule has 2 rings (SSSR count). The van der Waals surface area contributed by atoms with Gasteiger partial charge < -0.3 is 9.84 Å². The molecule has 2 aromatic rings. The van der Waals surface area contributed by atoms with Crippen molar-refractivity contribution in [1.29, 1.82) is 0 Å². The minimum absolute atomic E-state index is 0.129. The Labute approximate surface area is 98.3 Å². The molecule has 0 bridgehead atoms. The lowest BCUT2D eigenvalue weighted by Gasteiger charge is -2.06. The number of nitrogens with zero attached hydrogens (tertiary/aromatic N) is 1. The second-order valence-corrected chi connectivity index (χ2v) is 3.69. The number of aromatic nitrogens is 1. The van der Waals surface area contributed by atoms with Gasteiger partial charge in [0.2, 0.25) is 0 Å². The number of hydrogen-bond donors (Lipinski definition) is 1. The monoisotopic (exact) mass is 235 g/mol. The van der Waals surface area contributed by atoms with Crippen molar-refractivity contribution in [3.8, 4) is 22.6 Å². The van der Waals surface area contributed by atoms with Crippen LogP contribution < -0.4 is 4.74 Å². The average Bonchev–Trinajstić information content (AvgIpc) is 2.29. The summed E-state index contributed by atoms with van der Waals surface area (Å²) >= 11 is 6.01. The molecule has 4 heteroatoms.